The molecule has 31 heavy (non-hydrogen) atoms. The Hall–Kier alpha value is -2.38. The van der Waals surface area contributed by atoms with Crippen LogP contribution in [-0.2, 0) is 11.8 Å². The average molecular weight is 427 g/mol. The summed E-state index contributed by atoms with van der Waals surface area (Å²) in [5.41, 5.74) is 1.18. The molecule has 7 heteroatoms. The first kappa shape index (κ1) is 21.8. The standard InChI is InChI=1S/C24H34N4O3/c1-24(2,15-29)26-22(30)14-28-17-8-9-18(28)11-16(10-17)12-25-23(31)20-13-27(3)21-7-5-4-6-19(20)21/h4-7,13,16-18,29H,8-12,14-15H2,1-3H3,(H,25,31)(H,26,30). The monoisotopic (exact) mass is 426 g/mol. The molecule has 2 aromatic rings. The van der Waals surface area contributed by atoms with E-state index in [4.69, 9.17) is 0 Å². The van der Waals surface area contributed by atoms with Gasteiger partial charge >= 0.3 is 0 Å². The number of carbonyl (C=O) groups excluding carboxylic acids is 2. The molecule has 0 saturated carbocycles. The molecule has 0 aliphatic carbocycles. The van der Waals surface area contributed by atoms with Crippen LogP contribution in [0, 0.1) is 5.92 Å². The number of aromatic nitrogens is 1. The number of hydrogen-bond donors (Lipinski definition) is 3. The molecule has 2 unspecified atom stereocenters. The molecule has 1 aromatic carbocycles. The lowest BCUT2D eigenvalue weighted by molar-refractivity contribution is -0.125. The van der Waals surface area contributed by atoms with E-state index in [0.717, 1.165) is 42.1 Å². The van der Waals surface area contributed by atoms with E-state index < -0.39 is 5.54 Å². The van der Waals surface area contributed by atoms with E-state index in [2.05, 4.69) is 15.5 Å². The highest BCUT2D eigenvalue weighted by atomic mass is 16.3. The number of carbonyl (C=O) groups is 2. The number of amides is 2. The molecule has 3 N–H and O–H groups in total. The smallest absolute Gasteiger partial charge is 0.253 e. The SMILES string of the molecule is Cn1cc(C(=O)NCC2CC3CCC(C2)N3CC(=O)NC(C)(C)CO)c2ccccc21. The number of aryl methyl sites for hydroxylation is 1. The minimum absolute atomic E-state index is 0.0165. The van der Waals surface area contributed by atoms with Crippen LogP contribution in [0.25, 0.3) is 10.9 Å². The highest BCUT2D eigenvalue weighted by Gasteiger charge is 2.41. The van der Waals surface area contributed by atoms with Crippen LogP contribution in [-0.4, -0.2) is 63.7 Å². The summed E-state index contributed by atoms with van der Waals surface area (Å²) >= 11 is 0. The summed E-state index contributed by atoms with van der Waals surface area (Å²) in [7, 11) is 1.96. The molecule has 2 aliphatic heterocycles. The van der Waals surface area contributed by atoms with Gasteiger partial charge in [0.1, 0.15) is 0 Å². The first-order valence-corrected chi connectivity index (χ1v) is 11.3. The predicted octanol–water partition coefficient (Wildman–Crippen LogP) is 2.04. The maximum Gasteiger partial charge on any atom is 0.253 e. The van der Waals surface area contributed by atoms with E-state index in [1.54, 1.807) is 0 Å². The third-order valence-corrected chi connectivity index (χ3v) is 6.87. The zero-order chi connectivity index (χ0) is 22.2. The molecule has 3 heterocycles. The Morgan fingerprint density at radius 3 is 2.52 bits per heavy atom. The van der Waals surface area contributed by atoms with E-state index in [1.165, 1.54) is 0 Å². The molecule has 2 saturated heterocycles. The number of para-hydroxylation sites is 1. The number of piperidine rings is 1. The quantitative estimate of drug-likeness (QED) is 0.632. The number of hydrogen-bond acceptors (Lipinski definition) is 4. The lowest BCUT2D eigenvalue weighted by Crippen LogP contribution is -2.53. The van der Waals surface area contributed by atoms with Gasteiger partial charge in [-0.15, -0.1) is 0 Å². The van der Waals surface area contributed by atoms with Crippen molar-refractivity contribution in [2.24, 2.45) is 13.0 Å². The van der Waals surface area contributed by atoms with Gasteiger partial charge in [-0.05, 0) is 51.5 Å². The summed E-state index contributed by atoms with van der Waals surface area (Å²) in [4.78, 5) is 27.6. The molecule has 2 atom stereocenters. The Labute approximate surface area is 183 Å². The van der Waals surface area contributed by atoms with Crippen LogP contribution in [0.15, 0.2) is 30.5 Å². The molecule has 2 aliphatic rings. The highest BCUT2D eigenvalue weighted by molar-refractivity contribution is 6.06. The van der Waals surface area contributed by atoms with Crippen LogP contribution >= 0.6 is 0 Å². The Morgan fingerprint density at radius 1 is 1.16 bits per heavy atom. The lowest BCUT2D eigenvalue weighted by atomic mass is 9.90. The highest BCUT2D eigenvalue weighted by Crippen LogP contribution is 2.38. The van der Waals surface area contributed by atoms with Crippen molar-refractivity contribution in [2.75, 3.05) is 19.7 Å². The zero-order valence-corrected chi connectivity index (χ0v) is 18.7. The number of aliphatic hydroxyl groups is 1. The molecule has 0 spiro atoms. The van der Waals surface area contributed by atoms with E-state index in [-0.39, 0.29) is 18.4 Å². The van der Waals surface area contributed by atoms with Gasteiger partial charge in [-0.2, -0.15) is 0 Å². The fraction of sp³-hybridized carbons (Fsp3) is 0.583. The molecule has 0 radical (unpaired) electrons. The summed E-state index contributed by atoms with van der Waals surface area (Å²) in [5.74, 6) is 0.389. The van der Waals surface area contributed by atoms with E-state index in [9.17, 15) is 14.7 Å². The Kier molecular flexibility index (Phi) is 6.08. The number of benzene rings is 1. The minimum Gasteiger partial charge on any atom is -0.394 e. The van der Waals surface area contributed by atoms with Gasteiger partial charge in [0, 0.05) is 42.8 Å². The first-order valence-electron chi connectivity index (χ1n) is 11.3. The third-order valence-electron chi connectivity index (χ3n) is 6.87. The zero-order valence-electron chi connectivity index (χ0n) is 18.7. The van der Waals surface area contributed by atoms with Gasteiger partial charge in [0.2, 0.25) is 5.91 Å². The lowest BCUT2D eigenvalue weighted by Gasteiger charge is -2.39. The Bertz CT molecular complexity index is 953. The van der Waals surface area contributed by atoms with Crippen molar-refractivity contribution in [1.82, 2.24) is 20.1 Å². The van der Waals surface area contributed by atoms with Gasteiger partial charge in [0.25, 0.3) is 5.91 Å². The van der Waals surface area contributed by atoms with Gasteiger partial charge in [-0.3, -0.25) is 14.5 Å². The maximum atomic E-state index is 12.9. The maximum absolute atomic E-state index is 12.9. The van der Waals surface area contributed by atoms with Crippen LogP contribution < -0.4 is 10.6 Å². The topological polar surface area (TPSA) is 86.6 Å². The molecule has 168 valence electrons. The molecule has 2 amide bonds. The van der Waals surface area contributed by atoms with Crippen molar-refractivity contribution in [3.8, 4) is 0 Å². The summed E-state index contributed by atoms with van der Waals surface area (Å²) in [6, 6.07) is 8.74. The van der Waals surface area contributed by atoms with Gasteiger partial charge in [0.05, 0.1) is 24.3 Å². The fourth-order valence-corrected chi connectivity index (χ4v) is 5.29. The van der Waals surface area contributed by atoms with Crippen molar-refractivity contribution in [3.63, 3.8) is 0 Å². The molecule has 7 nitrogen and oxygen atoms in total. The summed E-state index contributed by atoms with van der Waals surface area (Å²) in [6.45, 7) is 4.62. The predicted molar refractivity (Wildman–Crippen MR) is 121 cm³/mol. The summed E-state index contributed by atoms with van der Waals surface area (Å²) in [6.07, 6.45) is 6.12. The first-order chi connectivity index (χ1) is 14.8. The second-order valence-corrected chi connectivity index (χ2v) is 9.87. The van der Waals surface area contributed by atoms with E-state index in [1.807, 2.05) is 55.9 Å². The molecular weight excluding hydrogens is 392 g/mol. The number of rotatable bonds is 7. The van der Waals surface area contributed by atoms with Crippen LogP contribution in [0.1, 0.15) is 49.9 Å². The fourth-order valence-electron chi connectivity index (χ4n) is 5.29. The van der Waals surface area contributed by atoms with Crippen LogP contribution in [0.5, 0.6) is 0 Å². The van der Waals surface area contributed by atoms with Gasteiger partial charge in [-0.1, -0.05) is 18.2 Å². The molecule has 1 aromatic heterocycles. The Morgan fingerprint density at radius 2 is 1.84 bits per heavy atom. The molecular formula is C24H34N4O3. The number of aliphatic hydroxyl groups excluding tert-OH is 1. The second-order valence-electron chi connectivity index (χ2n) is 9.87. The summed E-state index contributed by atoms with van der Waals surface area (Å²) in [5, 5.41) is 16.4. The van der Waals surface area contributed by atoms with Crippen molar-refractivity contribution >= 4 is 22.7 Å². The van der Waals surface area contributed by atoms with Crippen molar-refractivity contribution in [1.29, 1.82) is 0 Å². The van der Waals surface area contributed by atoms with Gasteiger partial charge in [0.15, 0.2) is 0 Å². The Balaban J connectivity index is 1.32. The summed E-state index contributed by atoms with van der Waals surface area (Å²) < 4.78 is 1.99. The molecule has 4 rings (SSSR count). The minimum atomic E-state index is -0.597. The molecule has 2 bridgehead atoms. The molecule has 2 fully saturated rings. The van der Waals surface area contributed by atoms with Crippen molar-refractivity contribution in [3.05, 3.63) is 36.0 Å². The van der Waals surface area contributed by atoms with Crippen molar-refractivity contribution in [2.45, 2.75) is 57.2 Å². The van der Waals surface area contributed by atoms with E-state index in [0.29, 0.717) is 31.1 Å². The van der Waals surface area contributed by atoms with Crippen LogP contribution in [0.3, 0.4) is 0 Å². The number of nitrogens with zero attached hydrogens (tertiary/aromatic N) is 2. The number of nitrogens with one attached hydrogen (secondary N) is 2. The second kappa shape index (κ2) is 8.63. The van der Waals surface area contributed by atoms with Crippen molar-refractivity contribution < 1.29 is 14.7 Å². The van der Waals surface area contributed by atoms with Gasteiger partial charge in [-0.25, -0.2) is 0 Å². The third kappa shape index (κ3) is 4.62. The normalized spacial score (nSPS) is 23.8. The van der Waals surface area contributed by atoms with Crippen LogP contribution in [0.2, 0.25) is 0 Å². The van der Waals surface area contributed by atoms with Gasteiger partial charge < -0.3 is 20.3 Å². The number of fused-ring (bicyclic) bond motifs is 3. The van der Waals surface area contributed by atoms with E-state index >= 15 is 0 Å². The average Bonchev–Trinajstić information content (AvgIpc) is 3.18. The largest absolute Gasteiger partial charge is 0.394 e. The van der Waals surface area contributed by atoms with Crippen LogP contribution in [0.4, 0.5) is 0 Å².